The number of benzene rings is 2. The average molecular weight is 733 g/mol. The van der Waals surface area contributed by atoms with Crippen molar-refractivity contribution in [1.82, 2.24) is 9.80 Å². The molecule has 1 unspecified atom stereocenters. The minimum atomic E-state index is -1.42. The van der Waals surface area contributed by atoms with Crippen LogP contribution in [0.5, 0.6) is 23.0 Å². The van der Waals surface area contributed by atoms with Crippen LogP contribution < -0.4 is 20.9 Å². The molecular formula is C42H48N6O6. The molecule has 282 valence electrons. The minimum absolute atomic E-state index is 0.0345. The summed E-state index contributed by atoms with van der Waals surface area (Å²) in [5, 5.41) is 48.8. The van der Waals surface area contributed by atoms with Crippen molar-refractivity contribution >= 4 is 11.7 Å². The standard InChI is InChI=1S/C42H48N6O6/c43-35-40(10-12-42(52)28-18-24-6-8-26(50)32-30(24)38(42,34(40)54-32)14-16-48(28)20-22-3-4-22)46-36(45-35)39(44)9-11-41(51)27-17-23-5-7-25(49)31-29(23)37(41,33(39)53-31)13-15-47(27)19-21-1-2-21/h5-9,11,21-22,27-28,33-34,49-52H,1-4,10,12-20,44H2,(H2,43,45,46)/t27-,28?,33-,34-,37+,38+,39+,40+,41-,42-/m1/s1. The average Bonchev–Trinajstić information content (AvgIpc) is 4.05. The van der Waals surface area contributed by atoms with E-state index in [-0.39, 0.29) is 29.4 Å². The number of nitrogens with two attached hydrogens (primary N) is 2. The zero-order valence-electron chi connectivity index (χ0n) is 30.4. The Morgan fingerprint density at radius 1 is 0.741 bits per heavy atom. The molecule has 6 aliphatic carbocycles. The first kappa shape index (κ1) is 31.5. The lowest BCUT2D eigenvalue weighted by molar-refractivity contribution is -0.194. The SMILES string of the molecule is NC1=NC([C@]2(N)C=C[C@@]3(O)[C@H]4Cc5ccc(O)c6c5[C@@]3(CCN4CC3CC3)[C@H]2O6)=N[C@]12CC[C@@]1(O)C3Cc4ccc(O)c5c4[C@@]1(CCN3CC1CC1)[C@H]2O5. The Kier molecular flexibility index (Phi) is 5.52. The Bertz CT molecular complexity index is 2200. The van der Waals surface area contributed by atoms with Crippen molar-refractivity contribution in [3.63, 3.8) is 0 Å². The molecule has 2 aromatic carbocycles. The zero-order valence-corrected chi connectivity index (χ0v) is 30.4. The number of piperidine rings is 2. The summed E-state index contributed by atoms with van der Waals surface area (Å²) in [6, 6.07) is 7.15. The summed E-state index contributed by atoms with van der Waals surface area (Å²) in [5.74, 6) is 2.84. The van der Waals surface area contributed by atoms with E-state index in [1.807, 2.05) is 24.3 Å². The maximum absolute atomic E-state index is 13.2. The van der Waals surface area contributed by atoms with Gasteiger partial charge in [-0.15, -0.1) is 0 Å². The summed E-state index contributed by atoms with van der Waals surface area (Å²) in [7, 11) is 0. The molecule has 12 heteroatoms. The van der Waals surface area contributed by atoms with Crippen LogP contribution in [0, 0.1) is 11.8 Å². The first-order chi connectivity index (χ1) is 26.0. The van der Waals surface area contributed by atoms with Crippen molar-refractivity contribution in [3.05, 3.63) is 58.7 Å². The Labute approximate surface area is 313 Å². The van der Waals surface area contributed by atoms with Gasteiger partial charge < -0.3 is 41.4 Å². The molecule has 0 aromatic heterocycles. The van der Waals surface area contributed by atoms with Crippen LogP contribution in [-0.4, -0.2) is 115 Å². The fourth-order valence-corrected chi connectivity index (χ4v) is 13.9. The summed E-state index contributed by atoms with van der Waals surface area (Å²) in [6.07, 6.45) is 10.6. The summed E-state index contributed by atoms with van der Waals surface area (Å²) in [5.41, 5.74) is 11.9. The van der Waals surface area contributed by atoms with E-state index >= 15 is 0 Å². The number of ether oxygens (including phenoxy) is 2. The second kappa shape index (κ2) is 9.46. The Morgan fingerprint density at radius 3 is 2.00 bits per heavy atom. The molecule has 13 rings (SSSR count). The summed E-state index contributed by atoms with van der Waals surface area (Å²) in [6.45, 7) is 3.54. The number of likely N-dealkylation sites (tertiary alicyclic amines) is 2. The van der Waals surface area contributed by atoms with Crippen molar-refractivity contribution in [2.24, 2.45) is 33.3 Å². The number of nitrogens with zero attached hydrogens (tertiary/aromatic N) is 4. The van der Waals surface area contributed by atoms with Gasteiger partial charge in [0.2, 0.25) is 0 Å². The Balaban J connectivity index is 0.958. The van der Waals surface area contributed by atoms with E-state index in [0.717, 1.165) is 48.4 Å². The number of aliphatic hydroxyl groups is 2. The monoisotopic (exact) mass is 732 g/mol. The van der Waals surface area contributed by atoms with Crippen molar-refractivity contribution in [3.8, 4) is 23.0 Å². The number of phenolic OH excluding ortho intramolecular Hbond substituents is 2. The summed E-state index contributed by atoms with van der Waals surface area (Å²) < 4.78 is 13.8. The van der Waals surface area contributed by atoms with E-state index < -0.39 is 45.3 Å². The number of phenols is 2. The number of hydrogen-bond donors (Lipinski definition) is 6. The molecule has 3 spiro atoms. The number of fused-ring (bicyclic) bond motifs is 1. The lowest BCUT2D eigenvalue weighted by atomic mass is 9.46. The van der Waals surface area contributed by atoms with Crippen molar-refractivity contribution in [1.29, 1.82) is 0 Å². The number of amidine groups is 2. The fourth-order valence-electron chi connectivity index (χ4n) is 13.9. The van der Waals surface area contributed by atoms with Gasteiger partial charge in [0, 0.05) is 36.3 Å². The number of rotatable bonds is 5. The van der Waals surface area contributed by atoms with Crippen LogP contribution in [0.4, 0.5) is 0 Å². The van der Waals surface area contributed by atoms with Crippen LogP contribution in [0.1, 0.15) is 73.6 Å². The van der Waals surface area contributed by atoms with Crippen LogP contribution in [0.15, 0.2) is 46.4 Å². The van der Waals surface area contributed by atoms with Crippen molar-refractivity contribution < 1.29 is 29.9 Å². The third-order valence-corrected chi connectivity index (χ3v) is 16.7. The predicted molar refractivity (Wildman–Crippen MR) is 198 cm³/mol. The highest BCUT2D eigenvalue weighted by Crippen LogP contribution is 2.69. The lowest BCUT2D eigenvalue weighted by Crippen LogP contribution is -2.80. The van der Waals surface area contributed by atoms with E-state index in [0.29, 0.717) is 67.7 Å². The third kappa shape index (κ3) is 3.29. The molecule has 2 aromatic rings. The van der Waals surface area contributed by atoms with E-state index in [2.05, 4.69) is 9.80 Å². The van der Waals surface area contributed by atoms with Crippen LogP contribution in [0.2, 0.25) is 0 Å². The topological polar surface area (TPSA) is 183 Å². The molecule has 5 heterocycles. The molecule has 10 atom stereocenters. The molecule has 4 bridgehead atoms. The van der Waals surface area contributed by atoms with Crippen molar-refractivity contribution in [2.75, 3.05) is 26.2 Å². The van der Waals surface area contributed by atoms with Gasteiger partial charge in [-0.1, -0.05) is 24.3 Å². The highest BCUT2D eigenvalue weighted by atomic mass is 16.5. The molecule has 12 nitrogen and oxygen atoms in total. The van der Waals surface area contributed by atoms with E-state index in [1.54, 1.807) is 12.1 Å². The van der Waals surface area contributed by atoms with Gasteiger partial charge in [-0.2, -0.15) is 0 Å². The second-order valence-corrected chi connectivity index (χ2v) is 19.0. The van der Waals surface area contributed by atoms with Gasteiger partial charge in [0.1, 0.15) is 29.2 Å². The normalized spacial score (nSPS) is 45.8. The number of aromatic hydroxyl groups is 2. The van der Waals surface area contributed by atoms with Crippen LogP contribution in [-0.2, 0) is 23.7 Å². The summed E-state index contributed by atoms with van der Waals surface area (Å²) >= 11 is 0. The first-order valence-electron chi connectivity index (χ1n) is 20.4. The largest absolute Gasteiger partial charge is 0.504 e. The smallest absolute Gasteiger partial charge is 0.165 e. The maximum atomic E-state index is 13.2. The Morgan fingerprint density at radius 2 is 1.33 bits per heavy atom. The van der Waals surface area contributed by atoms with Crippen LogP contribution in [0.25, 0.3) is 0 Å². The molecule has 2 saturated heterocycles. The third-order valence-electron chi connectivity index (χ3n) is 16.7. The molecule has 3 saturated carbocycles. The molecule has 11 aliphatic rings. The predicted octanol–water partition coefficient (Wildman–Crippen LogP) is 1.91. The first-order valence-corrected chi connectivity index (χ1v) is 20.4. The van der Waals surface area contributed by atoms with E-state index in [4.69, 9.17) is 30.9 Å². The highest BCUT2D eigenvalue weighted by Gasteiger charge is 2.79. The fraction of sp³-hybridized carbons (Fsp3) is 0.619. The zero-order chi connectivity index (χ0) is 36.4. The second-order valence-electron chi connectivity index (χ2n) is 19.0. The minimum Gasteiger partial charge on any atom is -0.504 e. The van der Waals surface area contributed by atoms with Gasteiger partial charge in [-0.05, 0) is 112 Å². The Hall–Kier alpha value is -3.68. The van der Waals surface area contributed by atoms with E-state index in [1.165, 1.54) is 25.7 Å². The van der Waals surface area contributed by atoms with Gasteiger partial charge in [0.05, 0.1) is 16.4 Å². The molecule has 5 fully saturated rings. The molecule has 0 amide bonds. The van der Waals surface area contributed by atoms with Gasteiger partial charge in [-0.3, -0.25) is 9.80 Å². The maximum Gasteiger partial charge on any atom is 0.165 e. The summed E-state index contributed by atoms with van der Waals surface area (Å²) in [4.78, 5) is 15.5. The van der Waals surface area contributed by atoms with Gasteiger partial charge in [-0.25, -0.2) is 9.98 Å². The van der Waals surface area contributed by atoms with E-state index in [9.17, 15) is 20.4 Å². The number of aliphatic imine (C=N–C) groups is 2. The molecule has 5 aliphatic heterocycles. The lowest BCUT2D eigenvalue weighted by Gasteiger charge is -2.65. The molecule has 54 heavy (non-hydrogen) atoms. The van der Waals surface area contributed by atoms with Gasteiger partial charge >= 0.3 is 0 Å². The number of hydrogen-bond acceptors (Lipinski definition) is 12. The quantitative estimate of drug-likeness (QED) is 0.249. The van der Waals surface area contributed by atoms with Crippen LogP contribution in [0.3, 0.4) is 0 Å². The van der Waals surface area contributed by atoms with Crippen molar-refractivity contribution in [2.45, 2.75) is 122 Å². The molecular weight excluding hydrogens is 684 g/mol. The van der Waals surface area contributed by atoms with Gasteiger partial charge in [0.25, 0.3) is 0 Å². The molecule has 0 radical (unpaired) electrons. The highest BCUT2D eigenvalue weighted by molar-refractivity contribution is 6.12. The molecule has 8 N–H and O–H groups in total. The van der Waals surface area contributed by atoms with Gasteiger partial charge in [0.15, 0.2) is 34.4 Å². The van der Waals surface area contributed by atoms with Crippen LogP contribution >= 0.6 is 0 Å².